The summed E-state index contributed by atoms with van der Waals surface area (Å²) in [4.78, 5) is 14.7. The maximum Gasteiger partial charge on any atom is 0.230 e. The van der Waals surface area contributed by atoms with E-state index in [2.05, 4.69) is 69.7 Å². The molecule has 0 spiro atoms. The fourth-order valence-electron chi connectivity index (χ4n) is 2.63. The van der Waals surface area contributed by atoms with E-state index in [1.165, 1.54) is 32.0 Å². The van der Waals surface area contributed by atoms with Crippen LogP contribution in [0.3, 0.4) is 0 Å². The summed E-state index contributed by atoms with van der Waals surface area (Å²) in [6.07, 6.45) is 0. The lowest BCUT2D eigenvalue weighted by Gasteiger charge is -2.13. The first kappa shape index (κ1) is 18.6. The van der Waals surface area contributed by atoms with Crippen molar-refractivity contribution in [3.8, 4) is 0 Å². The molecule has 2 aromatic carbocycles. The van der Waals surface area contributed by atoms with Crippen molar-refractivity contribution in [2.45, 2.75) is 31.8 Å². The monoisotopic (exact) mass is 343 g/mol. The average Bonchev–Trinajstić information content (AvgIpc) is 2.52. The standard InChI is InChI=1S/C20H26N2OS/c1-15-9-10-19(16(2)11-15)24-14-20(23)21-12-17-7-5-6-8-18(17)13-22(3)4/h5-11H,12-14H2,1-4H3,(H,21,23)/p+1. The van der Waals surface area contributed by atoms with Crippen molar-refractivity contribution < 1.29 is 9.69 Å². The molecule has 1 amide bonds. The van der Waals surface area contributed by atoms with Gasteiger partial charge in [0.2, 0.25) is 5.91 Å². The van der Waals surface area contributed by atoms with Gasteiger partial charge in [-0.25, -0.2) is 0 Å². The number of benzene rings is 2. The van der Waals surface area contributed by atoms with Crippen LogP contribution < -0.4 is 10.2 Å². The third-order valence-corrected chi connectivity index (χ3v) is 5.00. The Morgan fingerprint density at radius 1 is 1.08 bits per heavy atom. The molecular weight excluding hydrogens is 316 g/mol. The minimum absolute atomic E-state index is 0.0759. The summed E-state index contributed by atoms with van der Waals surface area (Å²) < 4.78 is 0. The van der Waals surface area contributed by atoms with Gasteiger partial charge in [-0.2, -0.15) is 0 Å². The molecule has 3 nitrogen and oxygen atoms in total. The molecule has 2 aromatic rings. The Morgan fingerprint density at radius 2 is 1.79 bits per heavy atom. The molecule has 0 aliphatic rings. The number of amides is 1. The van der Waals surface area contributed by atoms with Crippen molar-refractivity contribution in [1.82, 2.24) is 5.32 Å². The zero-order chi connectivity index (χ0) is 17.5. The summed E-state index contributed by atoms with van der Waals surface area (Å²) in [5.41, 5.74) is 4.97. The van der Waals surface area contributed by atoms with E-state index in [1.54, 1.807) is 11.8 Å². The van der Waals surface area contributed by atoms with Crippen LogP contribution in [0.2, 0.25) is 0 Å². The molecule has 0 aliphatic heterocycles. The van der Waals surface area contributed by atoms with Gasteiger partial charge in [0.15, 0.2) is 0 Å². The van der Waals surface area contributed by atoms with Crippen molar-refractivity contribution in [3.63, 3.8) is 0 Å². The number of hydrogen-bond acceptors (Lipinski definition) is 2. The van der Waals surface area contributed by atoms with E-state index < -0.39 is 0 Å². The first-order valence-electron chi connectivity index (χ1n) is 8.28. The molecule has 0 aromatic heterocycles. The van der Waals surface area contributed by atoms with Crippen LogP contribution in [0.4, 0.5) is 0 Å². The van der Waals surface area contributed by atoms with Gasteiger partial charge in [0.05, 0.1) is 19.8 Å². The van der Waals surface area contributed by atoms with Gasteiger partial charge in [-0.15, -0.1) is 11.8 Å². The minimum atomic E-state index is 0.0759. The second-order valence-corrected chi connectivity index (χ2v) is 7.50. The van der Waals surface area contributed by atoms with E-state index in [4.69, 9.17) is 0 Å². The molecule has 0 atom stereocenters. The molecule has 0 radical (unpaired) electrons. The number of aryl methyl sites for hydroxylation is 2. The highest BCUT2D eigenvalue weighted by Gasteiger charge is 2.08. The number of carbonyl (C=O) groups is 1. The van der Waals surface area contributed by atoms with Crippen LogP contribution in [0.1, 0.15) is 22.3 Å². The number of carbonyl (C=O) groups excluding carboxylic acids is 1. The molecule has 0 aliphatic carbocycles. The van der Waals surface area contributed by atoms with Crippen molar-refractivity contribution in [1.29, 1.82) is 0 Å². The van der Waals surface area contributed by atoms with Gasteiger partial charge in [-0.1, -0.05) is 42.0 Å². The highest BCUT2D eigenvalue weighted by atomic mass is 32.2. The maximum atomic E-state index is 12.2. The lowest BCUT2D eigenvalue weighted by Crippen LogP contribution is -3.04. The lowest BCUT2D eigenvalue weighted by molar-refractivity contribution is -0.872. The molecule has 0 saturated heterocycles. The Labute approximate surface area is 149 Å². The van der Waals surface area contributed by atoms with Crippen molar-refractivity contribution in [2.24, 2.45) is 0 Å². The second-order valence-electron chi connectivity index (χ2n) is 6.49. The SMILES string of the molecule is Cc1ccc(SCC(=O)NCc2ccccc2C[NH+](C)C)c(C)c1. The predicted molar refractivity (Wildman–Crippen MR) is 101 cm³/mol. The fraction of sp³-hybridized carbons (Fsp3) is 0.350. The lowest BCUT2D eigenvalue weighted by atomic mass is 10.1. The molecule has 4 heteroatoms. The van der Waals surface area contributed by atoms with Crippen molar-refractivity contribution >= 4 is 17.7 Å². The molecule has 0 fully saturated rings. The van der Waals surface area contributed by atoms with Gasteiger partial charge < -0.3 is 10.2 Å². The van der Waals surface area contributed by atoms with E-state index in [1.807, 2.05) is 6.07 Å². The topological polar surface area (TPSA) is 33.5 Å². The minimum Gasteiger partial charge on any atom is -0.351 e. The van der Waals surface area contributed by atoms with Crippen LogP contribution in [0.25, 0.3) is 0 Å². The Bertz CT molecular complexity index is 698. The Kier molecular flexibility index (Phi) is 6.88. The molecule has 24 heavy (non-hydrogen) atoms. The summed E-state index contributed by atoms with van der Waals surface area (Å²) in [6.45, 7) is 5.73. The van der Waals surface area contributed by atoms with E-state index in [9.17, 15) is 4.79 Å². The zero-order valence-corrected chi connectivity index (χ0v) is 15.8. The third-order valence-electron chi connectivity index (χ3n) is 3.83. The fourth-order valence-corrected chi connectivity index (χ4v) is 3.47. The highest BCUT2D eigenvalue weighted by Crippen LogP contribution is 2.22. The Morgan fingerprint density at radius 3 is 2.46 bits per heavy atom. The first-order valence-corrected chi connectivity index (χ1v) is 9.27. The summed E-state index contributed by atoms with van der Waals surface area (Å²) in [6, 6.07) is 14.7. The van der Waals surface area contributed by atoms with Gasteiger partial charge in [-0.3, -0.25) is 4.79 Å². The molecule has 2 rings (SSSR count). The number of nitrogens with one attached hydrogen (secondary N) is 2. The Hall–Kier alpha value is -1.78. The average molecular weight is 344 g/mol. The highest BCUT2D eigenvalue weighted by molar-refractivity contribution is 8.00. The van der Waals surface area contributed by atoms with E-state index in [0.717, 1.165) is 6.54 Å². The first-order chi connectivity index (χ1) is 11.5. The van der Waals surface area contributed by atoms with Crippen LogP contribution in [0, 0.1) is 13.8 Å². The van der Waals surface area contributed by atoms with E-state index >= 15 is 0 Å². The summed E-state index contributed by atoms with van der Waals surface area (Å²) in [5.74, 6) is 0.525. The molecule has 0 bridgehead atoms. The summed E-state index contributed by atoms with van der Waals surface area (Å²) >= 11 is 1.60. The molecular formula is C20H27N2OS+. The number of rotatable bonds is 7. The number of hydrogen-bond donors (Lipinski definition) is 2. The van der Waals surface area contributed by atoms with Crippen molar-refractivity contribution in [2.75, 3.05) is 19.8 Å². The van der Waals surface area contributed by atoms with Gasteiger partial charge in [0.25, 0.3) is 0 Å². The van der Waals surface area contributed by atoms with Crippen LogP contribution in [0.15, 0.2) is 47.4 Å². The van der Waals surface area contributed by atoms with Crippen LogP contribution in [-0.2, 0) is 17.9 Å². The molecule has 128 valence electrons. The van der Waals surface area contributed by atoms with Gasteiger partial charge >= 0.3 is 0 Å². The third kappa shape index (κ3) is 5.69. The van der Waals surface area contributed by atoms with Gasteiger partial charge in [-0.05, 0) is 31.0 Å². The quantitative estimate of drug-likeness (QED) is 0.757. The predicted octanol–water partition coefficient (Wildman–Crippen LogP) is 2.36. The van der Waals surface area contributed by atoms with E-state index in [0.29, 0.717) is 12.3 Å². The van der Waals surface area contributed by atoms with Crippen LogP contribution in [-0.4, -0.2) is 25.8 Å². The zero-order valence-electron chi connectivity index (χ0n) is 15.0. The van der Waals surface area contributed by atoms with Crippen LogP contribution in [0.5, 0.6) is 0 Å². The molecule has 0 heterocycles. The molecule has 0 saturated carbocycles. The maximum absolute atomic E-state index is 12.2. The van der Waals surface area contributed by atoms with Gasteiger partial charge in [0.1, 0.15) is 6.54 Å². The number of quaternary nitrogens is 1. The normalized spacial score (nSPS) is 10.9. The van der Waals surface area contributed by atoms with E-state index in [-0.39, 0.29) is 5.91 Å². The summed E-state index contributed by atoms with van der Waals surface area (Å²) in [7, 11) is 4.27. The van der Waals surface area contributed by atoms with Crippen LogP contribution >= 0.6 is 11.8 Å². The second kappa shape index (κ2) is 8.90. The largest absolute Gasteiger partial charge is 0.351 e. The van der Waals surface area contributed by atoms with Crippen molar-refractivity contribution in [3.05, 3.63) is 64.7 Å². The molecule has 0 unspecified atom stereocenters. The smallest absolute Gasteiger partial charge is 0.230 e. The Balaban J connectivity index is 1.87. The van der Waals surface area contributed by atoms with Gasteiger partial charge in [0, 0.05) is 17.0 Å². The number of thioether (sulfide) groups is 1. The summed E-state index contributed by atoms with van der Waals surface area (Å²) in [5, 5.41) is 3.04. The molecule has 2 N–H and O–H groups in total.